The lowest BCUT2D eigenvalue weighted by Crippen LogP contribution is -2.31. The van der Waals surface area contributed by atoms with Crippen LogP contribution in [0.1, 0.15) is 34.6 Å². The highest BCUT2D eigenvalue weighted by atomic mass is 16.5. The van der Waals surface area contributed by atoms with E-state index >= 15 is 0 Å². The van der Waals surface area contributed by atoms with Crippen LogP contribution in [0, 0.1) is 11.3 Å². The van der Waals surface area contributed by atoms with E-state index in [2.05, 4.69) is 0 Å². The summed E-state index contributed by atoms with van der Waals surface area (Å²) in [4.78, 5) is 24.3. The Kier molecular flexibility index (Phi) is 4.92. The summed E-state index contributed by atoms with van der Waals surface area (Å²) in [7, 11) is 0. The quantitative estimate of drug-likeness (QED) is 0.580. The molecule has 0 amide bonds. The van der Waals surface area contributed by atoms with Crippen LogP contribution in [0.25, 0.3) is 0 Å². The minimum atomic E-state index is -0.527. The summed E-state index contributed by atoms with van der Waals surface area (Å²) in [5.41, 5.74) is 0.288. The van der Waals surface area contributed by atoms with Crippen LogP contribution in [0.2, 0.25) is 0 Å². The first-order valence-corrected chi connectivity index (χ1v) is 6.63. The predicted molar refractivity (Wildman–Crippen MR) is 72.4 cm³/mol. The standard InChI is InChI=1S/C15H22O4/c1-6-18-13(16)11-10(3)8-9-15(4,5)12(11)14(17)19-7-2/h8-10H,6-7H2,1-5H3. The summed E-state index contributed by atoms with van der Waals surface area (Å²) in [6.07, 6.45) is 3.86. The van der Waals surface area contributed by atoms with Gasteiger partial charge in [-0.15, -0.1) is 0 Å². The van der Waals surface area contributed by atoms with Gasteiger partial charge in [-0.3, -0.25) is 0 Å². The Bertz CT molecular complexity index is 429. The van der Waals surface area contributed by atoms with E-state index in [1.165, 1.54) is 0 Å². The Morgan fingerprint density at radius 3 is 2.21 bits per heavy atom. The molecule has 0 saturated heterocycles. The first-order valence-electron chi connectivity index (χ1n) is 6.63. The third kappa shape index (κ3) is 3.25. The SMILES string of the molecule is CCOC(=O)C1=C(C(=O)OCC)C(C)(C)C=CC1C. The van der Waals surface area contributed by atoms with Crippen LogP contribution in [0.4, 0.5) is 0 Å². The Morgan fingerprint density at radius 2 is 1.68 bits per heavy atom. The highest BCUT2D eigenvalue weighted by Gasteiger charge is 2.38. The van der Waals surface area contributed by atoms with Crippen LogP contribution in [0.3, 0.4) is 0 Å². The van der Waals surface area contributed by atoms with Crippen molar-refractivity contribution in [3.8, 4) is 0 Å². The van der Waals surface area contributed by atoms with Crippen molar-refractivity contribution < 1.29 is 19.1 Å². The summed E-state index contributed by atoms with van der Waals surface area (Å²) >= 11 is 0. The molecule has 0 bridgehead atoms. The van der Waals surface area contributed by atoms with Gasteiger partial charge in [-0.1, -0.05) is 32.9 Å². The van der Waals surface area contributed by atoms with Crippen LogP contribution in [0.5, 0.6) is 0 Å². The molecule has 106 valence electrons. The van der Waals surface area contributed by atoms with E-state index in [9.17, 15) is 9.59 Å². The molecule has 0 heterocycles. The molecule has 4 heteroatoms. The van der Waals surface area contributed by atoms with E-state index in [0.717, 1.165) is 0 Å². The van der Waals surface area contributed by atoms with Crippen molar-refractivity contribution in [3.05, 3.63) is 23.3 Å². The van der Waals surface area contributed by atoms with Crippen LogP contribution in [-0.2, 0) is 19.1 Å². The number of carbonyl (C=O) groups is 2. The van der Waals surface area contributed by atoms with Gasteiger partial charge < -0.3 is 9.47 Å². The van der Waals surface area contributed by atoms with Gasteiger partial charge >= 0.3 is 11.9 Å². The van der Waals surface area contributed by atoms with E-state index < -0.39 is 17.4 Å². The van der Waals surface area contributed by atoms with Gasteiger partial charge in [0.05, 0.1) is 24.4 Å². The average Bonchev–Trinajstić information content (AvgIpc) is 2.32. The fourth-order valence-corrected chi connectivity index (χ4v) is 2.21. The first kappa shape index (κ1) is 15.5. The number of carbonyl (C=O) groups excluding carboxylic acids is 2. The molecule has 1 aliphatic rings. The second-order valence-corrected chi connectivity index (χ2v) is 5.10. The predicted octanol–water partition coefficient (Wildman–Crippen LogP) is 2.64. The van der Waals surface area contributed by atoms with Crippen molar-refractivity contribution in [2.45, 2.75) is 34.6 Å². The van der Waals surface area contributed by atoms with Crippen LogP contribution >= 0.6 is 0 Å². The second-order valence-electron chi connectivity index (χ2n) is 5.10. The van der Waals surface area contributed by atoms with E-state index in [4.69, 9.17) is 9.47 Å². The number of allylic oxidation sites excluding steroid dienone is 2. The molecular formula is C15H22O4. The van der Waals surface area contributed by atoms with Gasteiger partial charge in [-0.05, 0) is 13.8 Å². The third-order valence-electron chi connectivity index (χ3n) is 3.15. The Balaban J connectivity index is 3.31. The monoisotopic (exact) mass is 266 g/mol. The first-order chi connectivity index (χ1) is 8.85. The molecule has 0 saturated carbocycles. The third-order valence-corrected chi connectivity index (χ3v) is 3.15. The molecule has 4 nitrogen and oxygen atoms in total. The van der Waals surface area contributed by atoms with Crippen LogP contribution < -0.4 is 0 Å². The lowest BCUT2D eigenvalue weighted by atomic mass is 9.73. The Morgan fingerprint density at radius 1 is 1.16 bits per heavy atom. The molecule has 0 aliphatic heterocycles. The molecule has 0 aromatic rings. The minimum absolute atomic E-state index is 0.147. The van der Waals surface area contributed by atoms with Gasteiger partial charge in [0.25, 0.3) is 0 Å². The number of rotatable bonds is 4. The van der Waals surface area contributed by atoms with Crippen molar-refractivity contribution in [1.82, 2.24) is 0 Å². The molecule has 0 spiro atoms. The Labute approximate surface area is 114 Å². The second kappa shape index (κ2) is 6.04. The molecule has 1 rings (SSSR count). The van der Waals surface area contributed by atoms with Crippen molar-refractivity contribution in [2.75, 3.05) is 13.2 Å². The smallest absolute Gasteiger partial charge is 0.335 e. The number of hydrogen-bond donors (Lipinski definition) is 0. The van der Waals surface area contributed by atoms with Gasteiger partial charge in [-0.25, -0.2) is 9.59 Å². The fraction of sp³-hybridized carbons (Fsp3) is 0.600. The van der Waals surface area contributed by atoms with Gasteiger partial charge in [-0.2, -0.15) is 0 Å². The highest BCUT2D eigenvalue weighted by molar-refractivity contribution is 6.02. The normalized spacial score (nSPS) is 21.2. The molecule has 1 atom stereocenters. The summed E-state index contributed by atoms with van der Waals surface area (Å²) in [6.45, 7) is 9.72. The number of ether oxygens (including phenoxy) is 2. The van der Waals surface area contributed by atoms with Crippen LogP contribution in [-0.4, -0.2) is 25.2 Å². The zero-order valence-corrected chi connectivity index (χ0v) is 12.3. The fourth-order valence-electron chi connectivity index (χ4n) is 2.21. The minimum Gasteiger partial charge on any atom is -0.463 e. The molecule has 0 aromatic carbocycles. The zero-order chi connectivity index (χ0) is 14.6. The van der Waals surface area contributed by atoms with E-state index in [0.29, 0.717) is 11.1 Å². The lowest BCUT2D eigenvalue weighted by molar-refractivity contribution is -0.143. The summed E-state index contributed by atoms with van der Waals surface area (Å²) in [5, 5.41) is 0. The van der Waals surface area contributed by atoms with Gasteiger partial charge in [0.1, 0.15) is 0 Å². The number of hydrogen-bond acceptors (Lipinski definition) is 4. The van der Waals surface area contributed by atoms with E-state index in [1.807, 2.05) is 32.9 Å². The maximum absolute atomic E-state index is 12.2. The molecular weight excluding hydrogens is 244 g/mol. The average molecular weight is 266 g/mol. The topological polar surface area (TPSA) is 52.6 Å². The maximum atomic E-state index is 12.2. The largest absolute Gasteiger partial charge is 0.463 e. The van der Waals surface area contributed by atoms with Crippen molar-refractivity contribution in [2.24, 2.45) is 11.3 Å². The van der Waals surface area contributed by atoms with Crippen molar-refractivity contribution in [3.63, 3.8) is 0 Å². The van der Waals surface area contributed by atoms with Crippen LogP contribution in [0.15, 0.2) is 23.3 Å². The van der Waals surface area contributed by atoms with Gasteiger partial charge in [0.15, 0.2) is 0 Å². The molecule has 0 fully saturated rings. The molecule has 0 radical (unpaired) electrons. The van der Waals surface area contributed by atoms with Crippen molar-refractivity contribution >= 4 is 11.9 Å². The van der Waals surface area contributed by atoms with E-state index in [-0.39, 0.29) is 19.1 Å². The summed E-state index contributed by atoms with van der Waals surface area (Å²) in [6, 6.07) is 0. The van der Waals surface area contributed by atoms with Gasteiger partial charge in [0, 0.05) is 11.3 Å². The molecule has 0 N–H and O–H groups in total. The molecule has 19 heavy (non-hydrogen) atoms. The maximum Gasteiger partial charge on any atom is 0.335 e. The lowest BCUT2D eigenvalue weighted by Gasteiger charge is -2.31. The molecule has 1 aliphatic carbocycles. The number of esters is 2. The summed E-state index contributed by atoms with van der Waals surface area (Å²) < 4.78 is 10.2. The highest BCUT2D eigenvalue weighted by Crippen LogP contribution is 2.39. The van der Waals surface area contributed by atoms with E-state index in [1.54, 1.807) is 13.8 Å². The molecule has 1 unspecified atom stereocenters. The Hall–Kier alpha value is -1.58. The molecule has 0 aromatic heterocycles. The zero-order valence-electron chi connectivity index (χ0n) is 12.3. The van der Waals surface area contributed by atoms with Crippen molar-refractivity contribution in [1.29, 1.82) is 0 Å². The van der Waals surface area contributed by atoms with Gasteiger partial charge in [0.2, 0.25) is 0 Å². The summed E-state index contributed by atoms with van der Waals surface area (Å²) in [5.74, 6) is -1.02.